The summed E-state index contributed by atoms with van der Waals surface area (Å²) in [5, 5.41) is 3.62. The Morgan fingerprint density at radius 1 is 1.12 bits per heavy atom. The van der Waals surface area contributed by atoms with Crippen molar-refractivity contribution in [2.24, 2.45) is 0 Å². The molecule has 1 amide bonds. The lowest BCUT2D eigenvalue weighted by Gasteiger charge is -2.34. The Labute approximate surface area is 158 Å². The third kappa shape index (κ3) is 5.46. The SMILES string of the molecule is O=C(COc1ccc(Cl)cc1)NCC(c1ccccc1)N1CCOCC1. The molecule has 1 saturated heterocycles. The molecule has 0 radical (unpaired) electrons. The molecule has 1 heterocycles. The van der Waals surface area contributed by atoms with E-state index in [1.165, 1.54) is 5.56 Å². The van der Waals surface area contributed by atoms with Crippen LogP contribution in [-0.2, 0) is 9.53 Å². The van der Waals surface area contributed by atoms with E-state index in [-0.39, 0.29) is 18.6 Å². The van der Waals surface area contributed by atoms with Crippen LogP contribution in [0.2, 0.25) is 5.02 Å². The topological polar surface area (TPSA) is 50.8 Å². The molecule has 6 heteroatoms. The Kier molecular flexibility index (Phi) is 6.89. The van der Waals surface area contributed by atoms with Gasteiger partial charge < -0.3 is 14.8 Å². The standard InChI is InChI=1S/C20H23ClN2O3/c21-17-6-8-18(9-7-17)26-15-20(24)22-14-19(16-4-2-1-3-5-16)23-10-12-25-13-11-23/h1-9,19H,10-15H2,(H,22,24). The summed E-state index contributed by atoms with van der Waals surface area (Å²) in [6, 6.07) is 17.3. The molecule has 2 aromatic carbocycles. The van der Waals surface area contributed by atoms with E-state index in [1.807, 2.05) is 18.2 Å². The van der Waals surface area contributed by atoms with E-state index in [2.05, 4.69) is 22.3 Å². The van der Waals surface area contributed by atoms with Crippen LogP contribution < -0.4 is 10.1 Å². The zero-order valence-corrected chi connectivity index (χ0v) is 15.3. The summed E-state index contributed by atoms with van der Waals surface area (Å²) in [5.41, 5.74) is 1.19. The van der Waals surface area contributed by atoms with Gasteiger partial charge >= 0.3 is 0 Å². The molecule has 138 valence electrons. The molecule has 0 aliphatic carbocycles. The summed E-state index contributed by atoms with van der Waals surface area (Å²) < 4.78 is 11.0. The van der Waals surface area contributed by atoms with Gasteiger partial charge in [0.2, 0.25) is 0 Å². The molecule has 1 unspecified atom stereocenters. The van der Waals surface area contributed by atoms with Crippen LogP contribution in [0, 0.1) is 0 Å². The minimum atomic E-state index is -0.144. The highest BCUT2D eigenvalue weighted by Gasteiger charge is 2.23. The highest BCUT2D eigenvalue weighted by molar-refractivity contribution is 6.30. The first-order chi connectivity index (χ1) is 12.7. The van der Waals surface area contributed by atoms with Gasteiger partial charge in [0.25, 0.3) is 5.91 Å². The molecule has 5 nitrogen and oxygen atoms in total. The average Bonchev–Trinajstić information content (AvgIpc) is 2.69. The summed E-state index contributed by atoms with van der Waals surface area (Å²) in [7, 11) is 0. The monoisotopic (exact) mass is 374 g/mol. The van der Waals surface area contributed by atoms with Gasteiger partial charge in [-0.3, -0.25) is 9.69 Å². The van der Waals surface area contributed by atoms with Crippen molar-refractivity contribution < 1.29 is 14.3 Å². The molecule has 0 saturated carbocycles. The van der Waals surface area contributed by atoms with Gasteiger partial charge in [-0.05, 0) is 29.8 Å². The first-order valence-electron chi connectivity index (χ1n) is 8.74. The first-order valence-corrected chi connectivity index (χ1v) is 9.12. The number of carbonyl (C=O) groups excluding carboxylic acids is 1. The van der Waals surface area contributed by atoms with Gasteiger partial charge in [0.05, 0.1) is 19.3 Å². The van der Waals surface area contributed by atoms with Crippen molar-refractivity contribution in [3.63, 3.8) is 0 Å². The molecule has 1 aliphatic rings. The first kappa shape index (κ1) is 18.7. The predicted molar refractivity (Wildman–Crippen MR) is 102 cm³/mol. The van der Waals surface area contributed by atoms with Gasteiger partial charge in [0, 0.05) is 24.7 Å². The predicted octanol–water partition coefficient (Wildman–Crippen LogP) is 2.91. The lowest BCUT2D eigenvalue weighted by atomic mass is 10.0. The normalized spacial score (nSPS) is 16.0. The Morgan fingerprint density at radius 3 is 2.50 bits per heavy atom. The van der Waals surface area contributed by atoms with E-state index < -0.39 is 0 Å². The van der Waals surface area contributed by atoms with Crippen molar-refractivity contribution in [1.82, 2.24) is 10.2 Å². The van der Waals surface area contributed by atoms with Crippen LogP contribution in [0.25, 0.3) is 0 Å². The average molecular weight is 375 g/mol. The quantitative estimate of drug-likeness (QED) is 0.809. The number of benzene rings is 2. The largest absolute Gasteiger partial charge is 0.484 e. The van der Waals surface area contributed by atoms with E-state index in [9.17, 15) is 4.79 Å². The smallest absolute Gasteiger partial charge is 0.258 e. The molecule has 26 heavy (non-hydrogen) atoms. The lowest BCUT2D eigenvalue weighted by molar-refractivity contribution is -0.123. The van der Waals surface area contributed by atoms with E-state index in [1.54, 1.807) is 24.3 Å². The van der Waals surface area contributed by atoms with Gasteiger partial charge in [-0.1, -0.05) is 41.9 Å². The number of hydrogen-bond acceptors (Lipinski definition) is 4. The molecule has 0 spiro atoms. The van der Waals surface area contributed by atoms with Crippen molar-refractivity contribution in [3.05, 3.63) is 65.2 Å². The summed E-state index contributed by atoms with van der Waals surface area (Å²) in [6.07, 6.45) is 0. The van der Waals surface area contributed by atoms with Crippen LogP contribution in [0.5, 0.6) is 5.75 Å². The number of carbonyl (C=O) groups is 1. The zero-order valence-electron chi connectivity index (χ0n) is 14.6. The Bertz CT molecular complexity index is 688. The summed E-state index contributed by atoms with van der Waals surface area (Å²) >= 11 is 5.84. The van der Waals surface area contributed by atoms with Gasteiger partial charge in [0.1, 0.15) is 5.75 Å². The van der Waals surface area contributed by atoms with Crippen molar-refractivity contribution in [2.75, 3.05) is 39.5 Å². The molecule has 1 aliphatic heterocycles. The fourth-order valence-electron chi connectivity index (χ4n) is 2.96. The number of nitrogens with one attached hydrogen (secondary N) is 1. The van der Waals surface area contributed by atoms with E-state index in [0.717, 1.165) is 26.3 Å². The molecule has 3 rings (SSSR count). The molecule has 2 aromatic rings. The second kappa shape index (κ2) is 9.57. The number of hydrogen-bond donors (Lipinski definition) is 1. The minimum Gasteiger partial charge on any atom is -0.484 e. The fraction of sp³-hybridized carbons (Fsp3) is 0.350. The van der Waals surface area contributed by atoms with Crippen LogP contribution in [-0.4, -0.2) is 50.3 Å². The van der Waals surface area contributed by atoms with Crippen molar-refractivity contribution in [3.8, 4) is 5.75 Å². The molecular formula is C20H23ClN2O3. The number of amides is 1. The van der Waals surface area contributed by atoms with Gasteiger partial charge in [0.15, 0.2) is 6.61 Å². The summed E-state index contributed by atoms with van der Waals surface area (Å²) in [6.45, 7) is 3.67. The van der Waals surface area contributed by atoms with Crippen LogP contribution in [0.1, 0.15) is 11.6 Å². The molecule has 0 aromatic heterocycles. The molecule has 0 bridgehead atoms. The van der Waals surface area contributed by atoms with Crippen LogP contribution >= 0.6 is 11.6 Å². The highest BCUT2D eigenvalue weighted by Crippen LogP contribution is 2.21. The van der Waals surface area contributed by atoms with Crippen LogP contribution in [0.4, 0.5) is 0 Å². The lowest BCUT2D eigenvalue weighted by Crippen LogP contribution is -2.44. The van der Waals surface area contributed by atoms with Crippen molar-refractivity contribution in [1.29, 1.82) is 0 Å². The maximum absolute atomic E-state index is 12.2. The van der Waals surface area contributed by atoms with E-state index >= 15 is 0 Å². The number of rotatable bonds is 7. The maximum Gasteiger partial charge on any atom is 0.258 e. The zero-order chi connectivity index (χ0) is 18.2. The van der Waals surface area contributed by atoms with Gasteiger partial charge in [-0.15, -0.1) is 0 Å². The van der Waals surface area contributed by atoms with Gasteiger partial charge in [-0.2, -0.15) is 0 Å². The summed E-state index contributed by atoms with van der Waals surface area (Å²) in [4.78, 5) is 14.5. The number of ether oxygens (including phenoxy) is 2. The van der Waals surface area contributed by atoms with Crippen LogP contribution in [0.15, 0.2) is 54.6 Å². The number of nitrogens with zero attached hydrogens (tertiary/aromatic N) is 1. The second-order valence-corrected chi connectivity index (χ2v) is 6.56. The number of halogens is 1. The summed E-state index contributed by atoms with van der Waals surface area (Å²) in [5.74, 6) is 0.478. The third-order valence-electron chi connectivity index (χ3n) is 4.35. The number of morpholine rings is 1. The van der Waals surface area contributed by atoms with Crippen molar-refractivity contribution >= 4 is 17.5 Å². The Balaban J connectivity index is 1.54. The van der Waals surface area contributed by atoms with Gasteiger partial charge in [-0.25, -0.2) is 0 Å². The molecule has 1 atom stereocenters. The van der Waals surface area contributed by atoms with Crippen molar-refractivity contribution in [2.45, 2.75) is 6.04 Å². The second-order valence-electron chi connectivity index (χ2n) is 6.12. The highest BCUT2D eigenvalue weighted by atomic mass is 35.5. The Hall–Kier alpha value is -2.08. The van der Waals surface area contributed by atoms with Crippen LogP contribution in [0.3, 0.4) is 0 Å². The van der Waals surface area contributed by atoms with E-state index in [0.29, 0.717) is 17.3 Å². The molecule has 1 N–H and O–H groups in total. The Morgan fingerprint density at radius 2 is 1.81 bits per heavy atom. The van der Waals surface area contributed by atoms with E-state index in [4.69, 9.17) is 21.1 Å². The fourth-order valence-corrected chi connectivity index (χ4v) is 3.09. The third-order valence-corrected chi connectivity index (χ3v) is 4.60. The maximum atomic E-state index is 12.2. The molecular weight excluding hydrogens is 352 g/mol. The minimum absolute atomic E-state index is 0.0216. The molecule has 1 fully saturated rings.